The van der Waals surface area contributed by atoms with Gasteiger partial charge in [0.2, 0.25) is 11.8 Å². The molecule has 2 atom stereocenters. The highest BCUT2D eigenvalue weighted by Crippen LogP contribution is 2.20. The van der Waals surface area contributed by atoms with E-state index in [1.165, 1.54) is 18.6 Å². The van der Waals surface area contributed by atoms with Crippen molar-refractivity contribution in [2.45, 2.75) is 82.4 Å². The molecule has 1 aliphatic carbocycles. The molecule has 216 valence electrons. The van der Waals surface area contributed by atoms with Crippen LogP contribution in [0.15, 0.2) is 84.9 Å². The third-order valence-corrected chi connectivity index (χ3v) is 7.43. The maximum Gasteiger partial charge on any atom is 0.329 e. The summed E-state index contributed by atoms with van der Waals surface area (Å²) in [6, 6.07) is 22.8. The fourth-order valence-corrected chi connectivity index (χ4v) is 5.19. The number of carbonyl (C=O) groups excluding carboxylic acids is 3. The summed E-state index contributed by atoms with van der Waals surface area (Å²) in [4.78, 5) is 40.1. The van der Waals surface area contributed by atoms with Crippen molar-refractivity contribution in [3.05, 3.63) is 107 Å². The highest BCUT2D eigenvalue weighted by Gasteiger charge is 2.30. The van der Waals surface area contributed by atoms with Gasteiger partial charge in [0.15, 0.2) is 0 Å². The number of hydrogen-bond acceptors (Lipinski definition) is 4. The molecule has 4 rings (SSSR count). The average molecular weight is 559 g/mol. The molecular formula is C34H39FN2O4. The number of esters is 1. The van der Waals surface area contributed by atoms with Crippen molar-refractivity contribution in [3.63, 3.8) is 0 Å². The van der Waals surface area contributed by atoms with Crippen molar-refractivity contribution >= 4 is 17.8 Å². The summed E-state index contributed by atoms with van der Waals surface area (Å²) in [5.74, 6) is -1.67. The minimum atomic E-state index is -0.919. The minimum absolute atomic E-state index is 0.00395. The Balaban J connectivity index is 1.49. The van der Waals surface area contributed by atoms with Crippen LogP contribution in [0.4, 0.5) is 4.39 Å². The number of amides is 2. The Labute approximate surface area is 241 Å². The molecule has 2 N–H and O–H groups in total. The van der Waals surface area contributed by atoms with Crippen LogP contribution in [-0.4, -0.2) is 36.0 Å². The first-order chi connectivity index (χ1) is 20.0. The topological polar surface area (TPSA) is 84.5 Å². The molecule has 0 spiro atoms. The fraction of sp³-hybridized carbons (Fsp3) is 0.382. The predicted octanol–water partition coefficient (Wildman–Crippen LogP) is 5.48. The molecule has 3 aromatic rings. The number of nitrogens with one attached hydrogen (secondary N) is 2. The molecule has 7 heteroatoms. The van der Waals surface area contributed by atoms with Gasteiger partial charge in [0.1, 0.15) is 24.0 Å². The summed E-state index contributed by atoms with van der Waals surface area (Å²) in [7, 11) is 0. The third-order valence-electron chi connectivity index (χ3n) is 7.43. The van der Waals surface area contributed by atoms with Crippen LogP contribution in [0.1, 0.15) is 61.6 Å². The standard InChI is InChI=1S/C34H39FN2O4/c35-28-20-18-27(19-21-28)24-32(38)36-30(22-25-12-6-4-7-13-25)33(39)37-31(23-26-14-8-5-9-15-26)34(40)41-29-16-10-2-1-3-11-17-29/h4-9,12-15,18-21,29-31H,1-3,10-11,16-17,22-24H2,(H,36,38)(H,37,39)/t30-,31-/m0/s1. The van der Waals surface area contributed by atoms with E-state index in [2.05, 4.69) is 10.6 Å². The fourth-order valence-electron chi connectivity index (χ4n) is 5.19. The number of ether oxygens (including phenoxy) is 1. The summed E-state index contributed by atoms with van der Waals surface area (Å²) in [6.07, 6.45) is 7.54. The third kappa shape index (κ3) is 10.2. The van der Waals surface area contributed by atoms with Crippen molar-refractivity contribution in [2.24, 2.45) is 0 Å². The van der Waals surface area contributed by atoms with Crippen molar-refractivity contribution < 1.29 is 23.5 Å². The molecule has 1 aliphatic rings. The van der Waals surface area contributed by atoms with Crippen LogP contribution in [0.2, 0.25) is 0 Å². The molecule has 41 heavy (non-hydrogen) atoms. The molecule has 0 aromatic heterocycles. The van der Waals surface area contributed by atoms with E-state index in [4.69, 9.17) is 4.74 Å². The highest BCUT2D eigenvalue weighted by atomic mass is 19.1. The van der Waals surface area contributed by atoms with E-state index in [1.54, 1.807) is 12.1 Å². The Bertz CT molecular complexity index is 1240. The second kappa shape index (κ2) is 15.7. The number of rotatable bonds is 11. The van der Waals surface area contributed by atoms with E-state index >= 15 is 0 Å². The van der Waals surface area contributed by atoms with E-state index in [0.29, 0.717) is 5.56 Å². The van der Waals surface area contributed by atoms with E-state index in [-0.39, 0.29) is 37.1 Å². The monoisotopic (exact) mass is 558 g/mol. The number of halogens is 1. The van der Waals surface area contributed by atoms with Gasteiger partial charge in [0, 0.05) is 12.8 Å². The Morgan fingerprint density at radius 2 is 1.22 bits per heavy atom. The lowest BCUT2D eigenvalue weighted by Crippen LogP contribution is -2.54. The van der Waals surface area contributed by atoms with Crippen molar-refractivity contribution in [1.82, 2.24) is 10.6 Å². The zero-order valence-corrected chi connectivity index (χ0v) is 23.4. The van der Waals surface area contributed by atoms with Gasteiger partial charge < -0.3 is 15.4 Å². The quantitative estimate of drug-likeness (QED) is 0.305. The average Bonchev–Trinajstić information content (AvgIpc) is 2.96. The van der Waals surface area contributed by atoms with Crippen LogP contribution in [0.5, 0.6) is 0 Å². The van der Waals surface area contributed by atoms with Gasteiger partial charge in [0.05, 0.1) is 6.42 Å². The Kier molecular flexibility index (Phi) is 11.5. The van der Waals surface area contributed by atoms with Crippen molar-refractivity contribution in [2.75, 3.05) is 0 Å². The lowest BCUT2D eigenvalue weighted by Gasteiger charge is -2.26. The maximum absolute atomic E-state index is 13.7. The van der Waals surface area contributed by atoms with Crippen LogP contribution in [-0.2, 0) is 38.4 Å². The number of hydrogen-bond donors (Lipinski definition) is 2. The second-order valence-corrected chi connectivity index (χ2v) is 10.8. The van der Waals surface area contributed by atoms with Crippen molar-refractivity contribution in [1.29, 1.82) is 0 Å². The van der Waals surface area contributed by atoms with E-state index in [1.807, 2.05) is 60.7 Å². The van der Waals surface area contributed by atoms with Gasteiger partial charge in [0.25, 0.3) is 0 Å². The number of carbonyl (C=O) groups is 3. The van der Waals surface area contributed by atoms with Crippen LogP contribution < -0.4 is 10.6 Å². The Morgan fingerprint density at radius 3 is 1.80 bits per heavy atom. The summed E-state index contributed by atoms with van der Waals surface area (Å²) in [5.41, 5.74) is 2.39. The lowest BCUT2D eigenvalue weighted by molar-refractivity contribution is -0.154. The summed E-state index contributed by atoms with van der Waals surface area (Å²) in [5, 5.41) is 5.74. The van der Waals surface area contributed by atoms with E-state index < -0.39 is 24.0 Å². The molecule has 0 saturated heterocycles. The smallest absolute Gasteiger partial charge is 0.329 e. The first kappa shape index (κ1) is 30.0. The summed E-state index contributed by atoms with van der Waals surface area (Å²) < 4.78 is 19.3. The van der Waals surface area contributed by atoms with Gasteiger partial charge >= 0.3 is 5.97 Å². The molecule has 0 heterocycles. The SMILES string of the molecule is O=C(Cc1ccc(F)cc1)N[C@@H](Cc1ccccc1)C(=O)N[C@@H](Cc1ccccc1)C(=O)OC1CCCCCCC1. The normalized spacial score (nSPS) is 15.5. The molecule has 6 nitrogen and oxygen atoms in total. The molecule has 2 amide bonds. The number of benzene rings is 3. The zero-order valence-electron chi connectivity index (χ0n) is 23.4. The van der Waals surface area contributed by atoms with Crippen LogP contribution in [0.25, 0.3) is 0 Å². The van der Waals surface area contributed by atoms with Gasteiger partial charge in [-0.05, 0) is 54.5 Å². The molecule has 0 unspecified atom stereocenters. The van der Waals surface area contributed by atoms with E-state index in [9.17, 15) is 18.8 Å². The lowest BCUT2D eigenvalue weighted by atomic mass is 9.98. The van der Waals surface area contributed by atoms with Gasteiger partial charge in [-0.15, -0.1) is 0 Å². The van der Waals surface area contributed by atoms with Gasteiger partial charge in [-0.25, -0.2) is 9.18 Å². The Morgan fingerprint density at radius 1 is 0.683 bits per heavy atom. The zero-order chi connectivity index (χ0) is 28.9. The first-order valence-corrected chi connectivity index (χ1v) is 14.6. The van der Waals surface area contributed by atoms with Gasteiger partial charge in [-0.1, -0.05) is 92.1 Å². The summed E-state index contributed by atoms with van der Waals surface area (Å²) in [6.45, 7) is 0. The molecule has 0 radical (unpaired) electrons. The van der Waals surface area contributed by atoms with Gasteiger partial charge in [-0.3, -0.25) is 9.59 Å². The molecule has 1 saturated carbocycles. The van der Waals surface area contributed by atoms with Crippen LogP contribution in [0.3, 0.4) is 0 Å². The first-order valence-electron chi connectivity index (χ1n) is 14.6. The van der Waals surface area contributed by atoms with Crippen molar-refractivity contribution in [3.8, 4) is 0 Å². The van der Waals surface area contributed by atoms with Crippen LogP contribution >= 0.6 is 0 Å². The van der Waals surface area contributed by atoms with Gasteiger partial charge in [-0.2, -0.15) is 0 Å². The highest BCUT2D eigenvalue weighted by molar-refractivity contribution is 5.91. The molecule has 3 aromatic carbocycles. The molecular weight excluding hydrogens is 519 g/mol. The molecule has 0 bridgehead atoms. The molecule has 1 fully saturated rings. The Hall–Kier alpha value is -4.00. The van der Waals surface area contributed by atoms with E-state index in [0.717, 1.165) is 49.7 Å². The maximum atomic E-state index is 13.7. The second-order valence-electron chi connectivity index (χ2n) is 10.8. The van der Waals surface area contributed by atoms with Crippen LogP contribution in [0, 0.1) is 5.82 Å². The predicted molar refractivity (Wildman–Crippen MR) is 156 cm³/mol. The largest absolute Gasteiger partial charge is 0.461 e. The summed E-state index contributed by atoms with van der Waals surface area (Å²) >= 11 is 0. The minimum Gasteiger partial charge on any atom is -0.461 e. The molecule has 0 aliphatic heterocycles.